The zero-order valence-corrected chi connectivity index (χ0v) is 30.8. The monoisotopic (exact) mass is 744 g/mol. The lowest BCUT2D eigenvalue weighted by Crippen LogP contribution is -2.23. The first-order chi connectivity index (χ1) is 25.2. The van der Waals surface area contributed by atoms with E-state index in [-0.39, 0.29) is 12.0 Å². The largest absolute Gasteiger partial charge is 0.481 e. The molecule has 2 aromatic carbocycles. The van der Waals surface area contributed by atoms with Crippen LogP contribution in [0.3, 0.4) is 0 Å². The number of rotatable bonds is 13. The number of nitrogens with zero attached hydrogens (tertiary/aromatic N) is 3. The maximum atomic E-state index is 11.6. The number of fused-ring (bicyclic) bond motifs is 1. The van der Waals surface area contributed by atoms with Crippen molar-refractivity contribution in [2.75, 3.05) is 33.9 Å². The van der Waals surface area contributed by atoms with Crippen molar-refractivity contribution in [1.29, 1.82) is 0 Å². The van der Waals surface area contributed by atoms with Crippen molar-refractivity contribution < 1.29 is 28.9 Å². The second-order valence-corrected chi connectivity index (χ2v) is 14.6. The van der Waals surface area contributed by atoms with Crippen LogP contribution in [0.15, 0.2) is 54.6 Å². The summed E-state index contributed by atoms with van der Waals surface area (Å²) in [6.45, 7) is 3.04. The first kappa shape index (κ1) is 36.2. The predicted molar refractivity (Wildman–Crippen MR) is 199 cm³/mol. The number of ether oxygens (including phenoxy) is 3. The van der Waals surface area contributed by atoms with Gasteiger partial charge in [0.25, 0.3) is 0 Å². The van der Waals surface area contributed by atoms with Crippen molar-refractivity contribution in [3.63, 3.8) is 0 Å². The highest BCUT2D eigenvalue weighted by Crippen LogP contribution is 2.45. The molecule has 1 saturated carbocycles. The molecule has 1 saturated heterocycles. The molecule has 52 heavy (non-hydrogen) atoms. The minimum absolute atomic E-state index is 0.270. The van der Waals surface area contributed by atoms with E-state index in [0.717, 1.165) is 64.8 Å². The van der Waals surface area contributed by atoms with E-state index < -0.39 is 5.97 Å². The number of hydrogen-bond donors (Lipinski definition) is 2. The zero-order valence-electron chi connectivity index (χ0n) is 29.3. The molecule has 2 N–H and O–H groups in total. The lowest BCUT2D eigenvalue weighted by molar-refractivity contribution is -0.141. The predicted octanol–water partition coefficient (Wildman–Crippen LogP) is 7.57. The fourth-order valence-corrected chi connectivity index (χ4v) is 8.30. The van der Waals surface area contributed by atoms with Gasteiger partial charge in [0.2, 0.25) is 17.6 Å². The van der Waals surface area contributed by atoms with Gasteiger partial charge in [0.1, 0.15) is 16.9 Å². The van der Waals surface area contributed by atoms with Crippen LogP contribution in [0.2, 0.25) is 10.0 Å². The number of carboxylic acids is 1. The summed E-state index contributed by atoms with van der Waals surface area (Å²) < 4.78 is 17.8. The molecule has 0 amide bonds. The number of methoxy groups -OCH3 is 2. The summed E-state index contributed by atoms with van der Waals surface area (Å²) in [7, 11) is 3.18. The molecule has 12 heteroatoms. The van der Waals surface area contributed by atoms with Gasteiger partial charge in [0.15, 0.2) is 0 Å². The molecule has 4 aromatic rings. The topological polar surface area (TPSA) is 123 Å². The zero-order chi connectivity index (χ0) is 36.4. The highest BCUT2D eigenvalue weighted by molar-refractivity contribution is 6.36. The number of aromatic nitrogens is 2. The number of carbonyl (C=O) groups excluding carboxylic acids is 1. The number of aliphatic carboxylic acids is 1. The van der Waals surface area contributed by atoms with Crippen LogP contribution in [0.1, 0.15) is 60.5 Å². The van der Waals surface area contributed by atoms with Gasteiger partial charge in [-0.2, -0.15) is 4.98 Å². The Morgan fingerprint density at radius 1 is 0.923 bits per heavy atom. The van der Waals surface area contributed by atoms with E-state index in [0.29, 0.717) is 90.5 Å². The number of pyridine rings is 2. The average molecular weight is 746 g/mol. The maximum Gasteiger partial charge on any atom is 0.307 e. The maximum absolute atomic E-state index is 11.6. The SMILES string of the molecule is COc1nc(-c2cccc(-c3cccc4c3CC[C@@H]4Oc3nc(OC)c(CN4CC[C@@H](C(=O)O)C4)cc3Cl)c2Cl)ccc1CNC[C@@H]1CCC(=O)C1. The number of benzene rings is 2. The van der Waals surface area contributed by atoms with Crippen LogP contribution in [-0.4, -0.2) is 65.6 Å². The average Bonchev–Trinajstić information content (AvgIpc) is 3.90. The van der Waals surface area contributed by atoms with E-state index in [1.165, 1.54) is 0 Å². The van der Waals surface area contributed by atoms with Gasteiger partial charge in [0.05, 0.1) is 30.9 Å². The molecular formula is C40H42Cl2N4O6. The van der Waals surface area contributed by atoms with E-state index in [1.807, 2.05) is 36.4 Å². The molecule has 7 rings (SSSR count). The van der Waals surface area contributed by atoms with Crippen molar-refractivity contribution in [3.05, 3.63) is 86.9 Å². The smallest absolute Gasteiger partial charge is 0.307 e. The van der Waals surface area contributed by atoms with Gasteiger partial charge >= 0.3 is 5.97 Å². The number of ketones is 1. The number of carboxylic acid groups (broad SMARTS) is 1. The Morgan fingerprint density at radius 3 is 2.44 bits per heavy atom. The van der Waals surface area contributed by atoms with E-state index in [2.05, 4.69) is 27.3 Å². The minimum Gasteiger partial charge on any atom is -0.481 e. The van der Waals surface area contributed by atoms with Crippen LogP contribution < -0.4 is 19.5 Å². The summed E-state index contributed by atoms with van der Waals surface area (Å²) >= 11 is 13.9. The number of carbonyl (C=O) groups is 2. The van der Waals surface area contributed by atoms with Crippen LogP contribution in [0.25, 0.3) is 22.4 Å². The van der Waals surface area contributed by atoms with Gasteiger partial charge in [-0.25, -0.2) is 4.98 Å². The van der Waals surface area contributed by atoms with E-state index in [9.17, 15) is 14.7 Å². The fourth-order valence-electron chi connectivity index (χ4n) is 7.76. The number of nitrogens with one attached hydrogen (secondary N) is 1. The van der Waals surface area contributed by atoms with E-state index in [4.69, 9.17) is 42.4 Å². The Hall–Kier alpha value is -4.22. The number of hydrogen-bond acceptors (Lipinski definition) is 9. The van der Waals surface area contributed by atoms with Crippen molar-refractivity contribution >= 4 is 35.0 Å². The van der Waals surface area contributed by atoms with Gasteiger partial charge in [-0.15, -0.1) is 0 Å². The first-order valence-electron chi connectivity index (χ1n) is 17.7. The fraction of sp³-hybridized carbons (Fsp3) is 0.400. The third kappa shape index (κ3) is 7.62. The molecule has 0 radical (unpaired) electrons. The summed E-state index contributed by atoms with van der Waals surface area (Å²) in [6.07, 6.45) is 4.15. The summed E-state index contributed by atoms with van der Waals surface area (Å²) in [5.41, 5.74) is 7.39. The Balaban J connectivity index is 1.08. The minimum atomic E-state index is -0.771. The van der Waals surface area contributed by atoms with Gasteiger partial charge in [-0.05, 0) is 73.5 Å². The quantitative estimate of drug-likeness (QED) is 0.142. The first-order valence-corrected chi connectivity index (χ1v) is 18.5. The summed E-state index contributed by atoms with van der Waals surface area (Å²) in [5, 5.41) is 13.8. The molecule has 3 heterocycles. The summed E-state index contributed by atoms with van der Waals surface area (Å²) in [6, 6.07) is 18.0. The second-order valence-electron chi connectivity index (χ2n) is 13.8. The lowest BCUT2D eigenvalue weighted by Gasteiger charge is -2.20. The highest BCUT2D eigenvalue weighted by atomic mass is 35.5. The van der Waals surface area contributed by atoms with Gasteiger partial charge in [-0.1, -0.05) is 65.7 Å². The molecule has 272 valence electrons. The molecule has 3 atom stereocenters. The molecule has 0 bridgehead atoms. The van der Waals surface area contributed by atoms with Crippen molar-refractivity contribution in [1.82, 2.24) is 20.2 Å². The molecule has 0 spiro atoms. The van der Waals surface area contributed by atoms with Gasteiger partial charge in [-0.3, -0.25) is 14.5 Å². The standard InChI is InChI=1S/C40H42Cl2N4O6/c1-50-37-24(20-43-19-23-9-11-27(47)17-23)10-13-34(44-37)32-8-4-7-31(36(32)42)28-5-3-6-30-29(28)12-14-35(30)52-39-33(41)18-26(38(45-39)51-2)22-46-16-15-25(21-46)40(48)49/h3-8,10,13,18,23,25,35,43H,9,11-12,14-17,19-22H2,1-2H3,(H,48,49)/t23-,25-,35+/m1/s1. The molecule has 10 nitrogen and oxygen atoms in total. The Morgan fingerprint density at radius 2 is 1.69 bits per heavy atom. The van der Waals surface area contributed by atoms with Crippen LogP contribution in [0, 0.1) is 11.8 Å². The molecular weight excluding hydrogens is 703 g/mol. The van der Waals surface area contributed by atoms with Crippen LogP contribution in [0.4, 0.5) is 0 Å². The Bertz CT molecular complexity index is 1990. The Kier molecular flexibility index (Phi) is 11.0. The van der Waals surface area contributed by atoms with E-state index in [1.54, 1.807) is 20.3 Å². The summed E-state index contributed by atoms with van der Waals surface area (Å²) in [5.74, 6) is 0.833. The van der Waals surface area contributed by atoms with Crippen LogP contribution >= 0.6 is 23.2 Å². The van der Waals surface area contributed by atoms with Crippen LogP contribution in [-0.2, 0) is 29.1 Å². The molecule has 3 aliphatic rings. The molecule has 2 fully saturated rings. The van der Waals surface area contributed by atoms with Crippen molar-refractivity contribution in [3.8, 4) is 40.0 Å². The second kappa shape index (κ2) is 15.8. The Labute approximate surface area is 313 Å². The number of likely N-dealkylation sites (tertiary alicyclic amines) is 1. The third-order valence-corrected chi connectivity index (χ3v) is 11.1. The number of Topliss-reactive ketones (excluding diaryl/α,β-unsaturated/α-hetero) is 1. The molecule has 2 aromatic heterocycles. The molecule has 0 unspecified atom stereocenters. The number of halogens is 2. The van der Waals surface area contributed by atoms with Crippen LogP contribution in [0.5, 0.6) is 17.6 Å². The molecule has 1 aliphatic heterocycles. The normalized spacial score (nSPS) is 19.9. The summed E-state index contributed by atoms with van der Waals surface area (Å²) in [4.78, 5) is 34.6. The highest BCUT2D eigenvalue weighted by Gasteiger charge is 2.31. The van der Waals surface area contributed by atoms with E-state index >= 15 is 0 Å². The van der Waals surface area contributed by atoms with Gasteiger partial charge < -0.3 is 24.6 Å². The molecule has 2 aliphatic carbocycles. The third-order valence-electron chi connectivity index (χ3n) is 10.5. The van der Waals surface area contributed by atoms with Crippen molar-refractivity contribution in [2.45, 2.75) is 57.7 Å². The van der Waals surface area contributed by atoms with Crippen molar-refractivity contribution in [2.24, 2.45) is 11.8 Å². The van der Waals surface area contributed by atoms with Gasteiger partial charge in [0, 0.05) is 54.7 Å². The lowest BCUT2D eigenvalue weighted by atomic mass is 9.94.